The smallest absolute Gasteiger partial charge is 0.240 e. The number of rotatable bonds is 6. The fourth-order valence-electron chi connectivity index (χ4n) is 2.67. The second-order valence-corrected chi connectivity index (χ2v) is 8.56. The van der Waals surface area contributed by atoms with Crippen LogP contribution in [0.25, 0.3) is 0 Å². The maximum atomic E-state index is 12.3. The molecule has 1 atom stereocenters. The van der Waals surface area contributed by atoms with E-state index >= 15 is 0 Å². The molecule has 1 aliphatic heterocycles. The van der Waals surface area contributed by atoms with Crippen LogP contribution in [0, 0.1) is 5.92 Å². The third-order valence-electron chi connectivity index (χ3n) is 3.79. The predicted octanol–water partition coefficient (Wildman–Crippen LogP) is 3.39. The molecular formula is C15H22Cl2N2O2S. The van der Waals surface area contributed by atoms with Gasteiger partial charge in [0.25, 0.3) is 0 Å². The average Bonchev–Trinajstić information content (AvgIpc) is 2.45. The van der Waals surface area contributed by atoms with Gasteiger partial charge in [0.1, 0.15) is 0 Å². The zero-order valence-corrected chi connectivity index (χ0v) is 15.0. The molecule has 1 aromatic rings. The molecular weight excluding hydrogens is 343 g/mol. The van der Waals surface area contributed by atoms with Crippen molar-refractivity contribution in [3.05, 3.63) is 28.2 Å². The highest BCUT2D eigenvalue weighted by Crippen LogP contribution is 2.22. The normalized spacial score (nSPS) is 18.3. The fraction of sp³-hybridized carbons (Fsp3) is 0.600. The van der Waals surface area contributed by atoms with E-state index in [1.165, 1.54) is 37.5 Å². The summed E-state index contributed by atoms with van der Waals surface area (Å²) in [7, 11) is -3.58. The Morgan fingerprint density at radius 1 is 1.14 bits per heavy atom. The lowest BCUT2D eigenvalue weighted by atomic mass is 10.1. The number of nitrogens with one attached hydrogen (secondary N) is 1. The van der Waals surface area contributed by atoms with Crippen LogP contribution in [0.15, 0.2) is 23.1 Å². The van der Waals surface area contributed by atoms with Crippen LogP contribution in [0.4, 0.5) is 0 Å². The van der Waals surface area contributed by atoms with Gasteiger partial charge in [0.05, 0.1) is 4.90 Å². The first-order valence-electron chi connectivity index (χ1n) is 7.55. The van der Waals surface area contributed by atoms with Crippen molar-refractivity contribution in [1.82, 2.24) is 9.62 Å². The van der Waals surface area contributed by atoms with Crippen LogP contribution in [0.1, 0.15) is 26.2 Å². The molecule has 0 bridgehead atoms. The molecule has 1 aromatic carbocycles. The van der Waals surface area contributed by atoms with Gasteiger partial charge in [-0.3, -0.25) is 0 Å². The SMILES string of the molecule is CC(CNS(=O)(=O)c1cc(Cl)cc(Cl)c1)CN1CCCCC1. The molecule has 1 heterocycles. The topological polar surface area (TPSA) is 49.4 Å². The van der Waals surface area contributed by atoms with Crippen molar-refractivity contribution < 1.29 is 8.42 Å². The molecule has 124 valence electrons. The number of benzene rings is 1. The van der Waals surface area contributed by atoms with Gasteiger partial charge >= 0.3 is 0 Å². The molecule has 1 fully saturated rings. The van der Waals surface area contributed by atoms with E-state index < -0.39 is 10.0 Å². The Kier molecular flexibility index (Phi) is 6.53. The van der Waals surface area contributed by atoms with Gasteiger partial charge in [0.2, 0.25) is 10.0 Å². The molecule has 22 heavy (non-hydrogen) atoms. The highest BCUT2D eigenvalue weighted by atomic mass is 35.5. The minimum Gasteiger partial charge on any atom is -0.303 e. The summed E-state index contributed by atoms with van der Waals surface area (Å²) in [5.41, 5.74) is 0. The first kappa shape index (κ1) is 18.0. The van der Waals surface area contributed by atoms with E-state index in [1.54, 1.807) is 0 Å². The minimum absolute atomic E-state index is 0.107. The van der Waals surface area contributed by atoms with Gasteiger partial charge < -0.3 is 4.90 Å². The van der Waals surface area contributed by atoms with Gasteiger partial charge in [-0.15, -0.1) is 0 Å². The number of hydrogen-bond donors (Lipinski definition) is 1. The maximum Gasteiger partial charge on any atom is 0.240 e. The van der Waals surface area contributed by atoms with Crippen LogP contribution >= 0.6 is 23.2 Å². The largest absolute Gasteiger partial charge is 0.303 e. The number of sulfonamides is 1. The molecule has 0 saturated carbocycles. The molecule has 1 N–H and O–H groups in total. The molecule has 7 heteroatoms. The molecule has 0 aromatic heterocycles. The number of hydrogen-bond acceptors (Lipinski definition) is 3. The number of halogens is 2. The Morgan fingerprint density at radius 3 is 2.32 bits per heavy atom. The standard InChI is InChI=1S/C15H22Cl2N2O2S/c1-12(11-19-5-3-2-4-6-19)10-18-22(20,21)15-8-13(16)7-14(17)9-15/h7-9,12,18H,2-6,10-11H2,1H3. The summed E-state index contributed by atoms with van der Waals surface area (Å²) >= 11 is 11.7. The first-order chi connectivity index (χ1) is 10.4. The van der Waals surface area contributed by atoms with Crippen molar-refractivity contribution in [2.45, 2.75) is 31.1 Å². The number of piperidine rings is 1. The fourth-order valence-corrected chi connectivity index (χ4v) is 4.56. The molecule has 0 radical (unpaired) electrons. The van der Waals surface area contributed by atoms with E-state index in [4.69, 9.17) is 23.2 Å². The second kappa shape index (κ2) is 7.97. The molecule has 4 nitrogen and oxygen atoms in total. The van der Waals surface area contributed by atoms with Crippen molar-refractivity contribution in [2.24, 2.45) is 5.92 Å². The van der Waals surface area contributed by atoms with Gasteiger partial charge in [-0.1, -0.05) is 36.5 Å². The molecule has 1 saturated heterocycles. The van der Waals surface area contributed by atoms with Crippen molar-refractivity contribution >= 4 is 33.2 Å². The zero-order valence-electron chi connectivity index (χ0n) is 12.7. The number of nitrogens with zero attached hydrogens (tertiary/aromatic N) is 1. The third kappa shape index (κ3) is 5.39. The van der Waals surface area contributed by atoms with Crippen molar-refractivity contribution in [2.75, 3.05) is 26.2 Å². The van der Waals surface area contributed by atoms with Crippen molar-refractivity contribution in [3.8, 4) is 0 Å². The molecule has 1 aliphatic rings. The summed E-state index contributed by atoms with van der Waals surface area (Å²) in [4.78, 5) is 2.51. The van der Waals surface area contributed by atoms with Crippen molar-refractivity contribution in [1.29, 1.82) is 0 Å². The summed E-state index contributed by atoms with van der Waals surface area (Å²) in [6.07, 6.45) is 3.77. The first-order valence-corrected chi connectivity index (χ1v) is 9.79. The van der Waals surface area contributed by atoms with E-state index in [2.05, 4.69) is 16.5 Å². The van der Waals surface area contributed by atoms with Crippen LogP contribution in [0.3, 0.4) is 0 Å². The van der Waals surface area contributed by atoms with Crippen LogP contribution in [-0.2, 0) is 10.0 Å². The maximum absolute atomic E-state index is 12.3. The molecule has 0 amide bonds. The van der Waals surface area contributed by atoms with E-state index in [9.17, 15) is 8.42 Å². The van der Waals surface area contributed by atoms with Gasteiger partial charge in [-0.05, 0) is 50.0 Å². The van der Waals surface area contributed by atoms with Crippen molar-refractivity contribution in [3.63, 3.8) is 0 Å². The van der Waals surface area contributed by atoms with Gasteiger partial charge in [0.15, 0.2) is 0 Å². The van der Waals surface area contributed by atoms with E-state index in [0.29, 0.717) is 16.6 Å². The quantitative estimate of drug-likeness (QED) is 0.841. The van der Waals surface area contributed by atoms with Crippen LogP contribution < -0.4 is 4.72 Å². The summed E-state index contributed by atoms with van der Waals surface area (Å²) in [6, 6.07) is 4.33. The summed E-state index contributed by atoms with van der Waals surface area (Å²) in [6.45, 7) is 5.60. The van der Waals surface area contributed by atoms with Crippen LogP contribution in [0.5, 0.6) is 0 Å². The highest BCUT2D eigenvalue weighted by molar-refractivity contribution is 7.89. The lowest BCUT2D eigenvalue weighted by molar-refractivity contribution is 0.201. The summed E-state index contributed by atoms with van der Waals surface area (Å²) in [5.74, 6) is 0.252. The second-order valence-electron chi connectivity index (χ2n) is 5.92. The molecule has 0 aliphatic carbocycles. The van der Waals surface area contributed by atoms with E-state index in [-0.39, 0.29) is 10.8 Å². The van der Waals surface area contributed by atoms with E-state index in [1.807, 2.05) is 0 Å². The Labute approximate surface area is 142 Å². The van der Waals surface area contributed by atoms with Crippen LogP contribution in [0.2, 0.25) is 10.0 Å². The lowest BCUT2D eigenvalue weighted by Crippen LogP contribution is -2.38. The van der Waals surface area contributed by atoms with Gasteiger partial charge in [-0.25, -0.2) is 13.1 Å². The zero-order chi connectivity index (χ0) is 16.2. The molecule has 0 spiro atoms. The third-order valence-corrected chi connectivity index (χ3v) is 5.63. The summed E-state index contributed by atoms with van der Waals surface area (Å²) < 4.78 is 27.2. The Morgan fingerprint density at radius 2 is 1.73 bits per heavy atom. The van der Waals surface area contributed by atoms with Gasteiger partial charge in [-0.2, -0.15) is 0 Å². The lowest BCUT2D eigenvalue weighted by Gasteiger charge is -2.29. The monoisotopic (exact) mass is 364 g/mol. The highest BCUT2D eigenvalue weighted by Gasteiger charge is 2.18. The minimum atomic E-state index is -3.58. The van der Waals surface area contributed by atoms with Gasteiger partial charge in [0, 0.05) is 23.1 Å². The number of likely N-dealkylation sites (tertiary alicyclic amines) is 1. The predicted molar refractivity (Wildman–Crippen MR) is 91.1 cm³/mol. The Bertz CT molecular complexity index is 581. The van der Waals surface area contributed by atoms with Crippen LogP contribution in [-0.4, -0.2) is 39.5 Å². The Balaban J connectivity index is 1.91. The van der Waals surface area contributed by atoms with E-state index in [0.717, 1.165) is 19.6 Å². The molecule has 2 rings (SSSR count). The average molecular weight is 365 g/mol. The Hall–Kier alpha value is -0.330. The molecule has 1 unspecified atom stereocenters. The summed E-state index contributed by atoms with van der Waals surface area (Å²) in [5, 5.41) is 0.628.